The third kappa shape index (κ3) is 5.41. The number of ketones is 1. The van der Waals surface area contributed by atoms with Crippen LogP contribution in [0.5, 0.6) is 0 Å². The van der Waals surface area contributed by atoms with E-state index in [4.69, 9.17) is 5.84 Å². The number of nitrogens with two attached hydrogens (primary N) is 1. The average Bonchev–Trinajstić information content (AvgIpc) is 3.27. The first kappa shape index (κ1) is 23.6. The van der Waals surface area contributed by atoms with Gasteiger partial charge in [-0.25, -0.2) is 5.84 Å². The van der Waals surface area contributed by atoms with E-state index in [2.05, 4.69) is 0 Å². The summed E-state index contributed by atoms with van der Waals surface area (Å²) in [5.74, 6) is 4.60. The number of hydrogen-bond donors (Lipinski definition) is 1. The standard InChI is InChI=1S/C22H29N3O4S2/c1-22(2,3)17-8-10-18(11-9-17)31(28,29)25(23)21(27)16-6-4-12-24(14-16)15-19(26)20-7-5-13-30-20/h5,7-11,13,16H,4,6,12,14-15,23H2,1-3H3. The quantitative estimate of drug-likeness (QED) is 0.306. The molecule has 1 unspecified atom stereocenters. The molecule has 2 aromatic rings. The van der Waals surface area contributed by atoms with Crippen molar-refractivity contribution in [1.29, 1.82) is 0 Å². The van der Waals surface area contributed by atoms with E-state index in [1.807, 2.05) is 37.1 Å². The van der Waals surface area contributed by atoms with Crippen molar-refractivity contribution < 1.29 is 18.0 Å². The molecule has 0 spiro atoms. The molecule has 1 aromatic carbocycles. The normalized spacial score (nSPS) is 18.0. The summed E-state index contributed by atoms with van der Waals surface area (Å²) in [5, 5.41) is 1.85. The van der Waals surface area contributed by atoms with Crippen molar-refractivity contribution in [1.82, 2.24) is 9.31 Å². The van der Waals surface area contributed by atoms with Crippen LogP contribution in [0.4, 0.5) is 0 Å². The van der Waals surface area contributed by atoms with E-state index < -0.39 is 21.8 Å². The van der Waals surface area contributed by atoms with Crippen molar-refractivity contribution >= 4 is 33.1 Å². The predicted octanol–water partition coefficient (Wildman–Crippen LogP) is 3.03. The summed E-state index contributed by atoms with van der Waals surface area (Å²) in [7, 11) is -4.15. The van der Waals surface area contributed by atoms with Gasteiger partial charge in [-0.3, -0.25) is 14.5 Å². The molecule has 1 aliphatic heterocycles. The van der Waals surface area contributed by atoms with Crippen LogP contribution in [0.3, 0.4) is 0 Å². The largest absolute Gasteiger partial charge is 0.295 e. The van der Waals surface area contributed by atoms with Gasteiger partial charge in [0, 0.05) is 6.54 Å². The molecule has 7 nitrogen and oxygen atoms in total. The first-order valence-electron chi connectivity index (χ1n) is 10.2. The molecule has 1 fully saturated rings. The van der Waals surface area contributed by atoms with Crippen LogP contribution in [-0.4, -0.2) is 49.1 Å². The SMILES string of the molecule is CC(C)(C)c1ccc(S(=O)(=O)N(N)C(=O)C2CCCN(CC(=O)c3cccs3)C2)cc1. The first-order valence-corrected chi connectivity index (χ1v) is 12.6. The van der Waals surface area contributed by atoms with Gasteiger partial charge in [0.05, 0.1) is 22.2 Å². The second kappa shape index (κ2) is 9.20. The van der Waals surface area contributed by atoms with Crippen LogP contribution in [0.25, 0.3) is 0 Å². The number of Topliss-reactive ketones (excluding diaryl/α,β-unsaturated/α-hetero) is 1. The molecule has 0 aliphatic carbocycles. The van der Waals surface area contributed by atoms with Crippen LogP contribution in [0.2, 0.25) is 0 Å². The number of hydrazine groups is 1. The highest BCUT2D eigenvalue weighted by atomic mass is 32.2. The second-order valence-corrected chi connectivity index (χ2v) is 11.7. The van der Waals surface area contributed by atoms with Crippen LogP contribution in [-0.2, 0) is 20.2 Å². The molecule has 2 N–H and O–H groups in total. The van der Waals surface area contributed by atoms with E-state index in [0.29, 0.717) is 35.2 Å². The van der Waals surface area contributed by atoms with Crippen molar-refractivity contribution in [2.24, 2.45) is 11.8 Å². The third-order valence-electron chi connectivity index (χ3n) is 5.51. The second-order valence-electron chi connectivity index (χ2n) is 8.89. The molecule has 31 heavy (non-hydrogen) atoms. The molecule has 1 aliphatic rings. The molecule has 1 amide bonds. The van der Waals surface area contributed by atoms with Crippen LogP contribution >= 0.6 is 11.3 Å². The Balaban J connectivity index is 1.68. The lowest BCUT2D eigenvalue weighted by Crippen LogP contribution is -2.50. The highest BCUT2D eigenvalue weighted by molar-refractivity contribution is 7.89. The molecule has 2 heterocycles. The van der Waals surface area contributed by atoms with Crippen molar-refractivity contribution in [3.63, 3.8) is 0 Å². The Morgan fingerprint density at radius 2 is 1.87 bits per heavy atom. The Bertz CT molecular complexity index is 1030. The number of likely N-dealkylation sites (tertiary alicyclic amines) is 1. The molecular formula is C22H29N3O4S2. The van der Waals surface area contributed by atoms with E-state index in [0.717, 1.165) is 5.56 Å². The maximum Gasteiger partial charge on any atom is 0.280 e. The molecule has 168 valence electrons. The van der Waals surface area contributed by atoms with Crippen molar-refractivity contribution in [3.05, 3.63) is 52.2 Å². The highest BCUT2D eigenvalue weighted by Crippen LogP contribution is 2.26. The van der Waals surface area contributed by atoms with Gasteiger partial charge in [0.2, 0.25) is 0 Å². The summed E-state index contributed by atoms with van der Waals surface area (Å²) < 4.78 is 26.2. The number of hydrogen-bond acceptors (Lipinski definition) is 7. The number of sulfonamides is 1. The summed E-state index contributed by atoms with van der Waals surface area (Å²) in [6.07, 6.45) is 1.23. The lowest BCUT2D eigenvalue weighted by Gasteiger charge is -2.32. The Hall–Kier alpha value is -2.07. The van der Waals surface area contributed by atoms with Crippen LogP contribution in [0.15, 0.2) is 46.7 Å². The number of carbonyl (C=O) groups is 2. The van der Waals surface area contributed by atoms with E-state index in [1.54, 1.807) is 18.2 Å². The molecule has 3 rings (SSSR count). The van der Waals surface area contributed by atoms with Gasteiger partial charge in [0.25, 0.3) is 15.9 Å². The van der Waals surface area contributed by atoms with Crippen LogP contribution in [0, 0.1) is 5.92 Å². The molecule has 0 saturated carbocycles. The number of rotatable bonds is 6. The zero-order chi connectivity index (χ0) is 22.8. The van der Waals surface area contributed by atoms with E-state index in [-0.39, 0.29) is 22.6 Å². The summed E-state index contributed by atoms with van der Waals surface area (Å²) >= 11 is 1.38. The minimum atomic E-state index is -4.15. The van der Waals surface area contributed by atoms with Gasteiger partial charge in [-0.2, -0.15) is 12.8 Å². The average molecular weight is 464 g/mol. The maximum absolute atomic E-state index is 12.9. The first-order chi connectivity index (χ1) is 14.5. The van der Waals surface area contributed by atoms with Crippen LogP contribution in [0.1, 0.15) is 48.8 Å². The highest BCUT2D eigenvalue weighted by Gasteiger charge is 2.35. The fourth-order valence-electron chi connectivity index (χ4n) is 3.66. The van der Waals surface area contributed by atoms with E-state index >= 15 is 0 Å². The Kier molecular flexibility index (Phi) is 7.00. The van der Waals surface area contributed by atoms with Gasteiger partial charge in [-0.1, -0.05) is 39.0 Å². The molecular weight excluding hydrogens is 434 g/mol. The fourth-order valence-corrected chi connectivity index (χ4v) is 5.41. The summed E-state index contributed by atoms with van der Waals surface area (Å²) in [4.78, 5) is 27.9. The Morgan fingerprint density at radius 3 is 2.45 bits per heavy atom. The third-order valence-corrected chi connectivity index (χ3v) is 7.99. The number of thiophene rings is 1. The predicted molar refractivity (Wildman–Crippen MR) is 121 cm³/mol. The summed E-state index contributed by atoms with van der Waals surface area (Å²) in [5.41, 5.74) is 0.867. The van der Waals surface area contributed by atoms with Gasteiger partial charge in [0.15, 0.2) is 5.78 Å². The number of nitrogens with zero attached hydrogens (tertiary/aromatic N) is 2. The number of piperidine rings is 1. The van der Waals surface area contributed by atoms with Crippen LogP contribution < -0.4 is 5.84 Å². The smallest absolute Gasteiger partial charge is 0.280 e. The number of benzene rings is 1. The van der Waals surface area contributed by atoms with Gasteiger partial charge >= 0.3 is 0 Å². The Morgan fingerprint density at radius 1 is 1.19 bits per heavy atom. The van der Waals surface area contributed by atoms with Gasteiger partial charge in [0.1, 0.15) is 0 Å². The minimum Gasteiger partial charge on any atom is -0.295 e. The molecule has 0 bridgehead atoms. The molecule has 0 radical (unpaired) electrons. The summed E-state index contributed by atoms with van der Waals surface area (Å²) in [6, 6.07) is 10.0. The van der Waals surface area contributed by atoms with Crippen molar-refractivity contribution in [3.8, 4) is 0 Å². The van der Waals surface area contributed by atoms with E-state index in [1.165, 1.54) is 23.5 Å². The molecule has 1 aromatic heterocycles. The van der Waals surface area contributed by atoms with Gasteiger partial charge in [-0.15, -0.1) is 11.3 Å². The molecule has 9 heteroatoms. The number of amides is 1. The topological polar surface area (TPSA) is 101 Å². The Labute approximate surface area is 187 Å². The van der Waals surface area contributed by atoms with E-state index in [9.17, 15) is 18.0 Å². The van der Waals surface area contributed by atoms with Crippen molar-refractivity contribution in [2.75, 3.05) is 19.6 Å². The lowest BCUT2D eigenvalue weighted by molar-refractivity contribution is -0.132. The van der Waals surface area contributed by atoms with Crippen molar-refractivity contribution in [2.45, 2.75) is 43.9 Å². The molecule has 1 atom stereocenters. The monoisotopic (exact) mass is 463 g/mol. The fraction of sp³-hybridized carbons (Fsp3) is 0.455. The molecule has 1 saturated heterocycles. The van der Waals surface area contributed by atoms with Gasteiger partial charge < -0.3 is 0 Å². The minimum absolute atomic E-state index is 0.000682. The zero-order valence-electron chi connectivity index (χ0n) is 18.1. The zero-order valence-corrected chi connectivity index (χ0v) is 19.7. The lowest BCUT2D eigenvalue weighted by atomic mass is 9.87. The maximum atomic E-state index is 12.9. The number of carbonyl (C=O) groups excluding carboxylic acids is 2. The van der Waals surface area contributed by atoms with Gasteiger partial charge in [-0.05, 0) is 53.9 Å². The summed E-state index contributed by atoms with van der Waals surface area (Å²) in [6.45, 7) is 7.30.